The molecule has 22 heavy (non-hydrogen) atoms. The average Bonchev–Trinajstić information content (AvgIpc) is 2.50. The van der Waals surface area contributed by atoms with Crippen LogP contribution in [0.25, 0.3) is 0 Å². The molecule has 2 rings (SSSR count). The van der Waals surface area contributed by atoms with E-state index in [2.05, 4.69) is 5.32 Å². The Morgan fingerprint density at radius 2 is 1.91 bits per heavy atom. The molecule has 0 bridgehead atoms. The number of methoxy groups -OCH3 is 2. The van der Waals surface area contributed by atoms with Crippen molar-refractivity contribution in [1.29, 1.82) is 0 Å². The van der Waals surface area contributed by atoms with Crippen LogP contribution in [0.15, 0.2) is 12.1 Å². The minimum Gasteiger partial charge on any atom is -0.493 e. The highest BCUT2D eigenvalue weighted by atomic mass is 16.5. The van der Waals surface area contributed by atoms with Crippen molar-refractivity contribution in [2.75, 3.05) is 19.1 Å². The molecule has 1 unspecified atom stereocenters. The van der Waals surface area contributed by atoms with Crippen LogP contribution in [0.4, 0.5) is 5.69 Å². The van der Waals surface area contributed by atoms with Gasteiger partial charge >= 0.3 is 0 Å². The minimum absolute atomic E-state index is 0.187. The molecule has 7 heteroatoms. The van der Waals surface area contributed by atoms with Gasteiger partial charge in [0.2, 0.25) is 18.2 Å². The van der Waals surface area contributed by atoms with Crippen LogP contribution in [-0.2, 0) is 14.4 Å². The quantitative estimate of drug-likeness (QED) is 0.642. The number of amides is 3. The molecule has 1 atom stereocenters. The maximum atomic E-state index is 12.0. The van der Waals surface area contributed by atoms with Gasteiger partial charge in [-0.05, 0) is 25.0 Å². The van der Waals surface area contributed by atoms with E-state index >= 15 is 0 Å². The first-order chi connectivity index (χ1) is 10.5. The Labute approximate surface area is 128 Å². The van der Waals surface area contributed by atoms with Gasteiger partial charge in [0, 0.05) is 6.42 Å². The standard InChI is InChI=1S/C15H18N2O5/c1-9-4-5-10(14(22-3)13(9)21-2)17(8-18)11-6-7-12(19)16-15(11)20/h4-5,8,11H,6-7H2,1-3H3,(H,16,19,20). The lowest BCUT2D eigenvalue weighted by Crippen LogP contribution is -2.52. The van der Waals surface area contributed by atoms with Gasteiger partial charge in [-0.25, -0.2) is 0 Å². The van der Waals surface area contributed by atoms with E-state index in [0.29, 0.717) is 23.6 Å². The highest BCUT2D eigenvalue weighted by molar-refractivity contribution is 6.04. The SMILES string of the molecule is COc1c(C)ccc(N(C=O)C2CCC(=O)NC2=O)c1OC. The summed E-state index contributed by atoms with van der Waals surface area (Å²) < 4.78 is 10.7. The monoisotopic (exact) mass is 306 g/mol. The number of hydrogen-bond donors (Lipinski definition) is 1. The first-order valence-electron chi connectivity index (χ1n) is 6.82. The summed E-state index contributed by atoms with van der Waals surface area (Å²) in [6.45, 7) is 1.85. The van der Waals surface area contributed by atoms with Crippen molar-refractivity contribution in [3.63, 3.8) is 0 Å². The fourth-order valence-corrected chi connectivity index (χ4v) is 2.55. The first-order valence-corrected chi connectivity index (χ1v) is 6.82. The number of anilines is 1. The highest BCUT2D eigenvalue weighted by Crippen LogP contribution is 2.40. The van der Waals surface area contributed by atoms with Crippen molar-refractivity contribution >= 4 is 23.9 Å². The minimum atomic E-state index is -0.753. The Balaban J connectivity index is 2.45. The summed E-state index contributed by atoms with van der Waals surface area (Å²) in [6.07, 6.45) is 1.02. The second-order valence-corrected chi connectivity index (χ2v) is 4.95. The lowest BCUT2D eigenvalue weighted by Gasteiger charge is -2.31. The van der Waals surface area contributed by atoms with Gasteiger partial charge in [-0.15, -0.1) is 0 Å². The number of hydrogen-bond acceptors (Lipinski definition) is 5. The summed E-state index contributed by atoms with van der Waals surface area (Å²) in [5.74, 6) is 0.0453. The Bertz CT molecular complexity index is 614. The van der Waals surface area contributed by atoms with Crippen LogP contribution in [0.3, 0.4) is 0 Å². The molecular formula is C15H18N2O5. The van der Waals surface area contributed by atoms with Crippen LogP contribution < -0.4 is 19.7 Å². The van der Waals surface area contributed by atoms with Gasteiger partial charge in [0.05, 0.1) is 19.9 Å². The molecule has 0 radical (unpaired) electrons. The predicted molar refractivity (Wildman–Crippen MR) is 79.0 cm³/mol. The molecule has 1 saturated heterocycles. The number of aryl methyl sites for hydroxylation is 1. The molecule has 0 aromatic heterocycles. The topological polar surface area (TPSA) is 84.9 Å². The average molecular weight is 306 g/mol. The molecule has 1 aliphatic rings. The van der Waals surface area contributed by atoms with Crippen LogP contribution in [0.2, 0.25) is 0 Å². The largest absolute Gasteiger partial charge is 0.493 e. The fraction of sp³-hybridized carbons (Fsp3) is 0.400. The van der Waals surface area contributed by atoms with Gasteiger partial charge in [-0.3, -0.25) is 24.6 Å². The zero-order chi connectivity index (χ0) is 16.3. The summed E-state index contributed by atoms with van der Waals surface area (Å²) >= 11 is 0. The molecule has 7 nitrogen and oxygen atoms in total. The molecule has 0 aliphatic carbocycles. The Morgan fingerprint density at radius 3 is 2.45 bits per heavy atom. The van der Waals surface area contributed by atoms with E-state index in [4.69, 9.17) is 9.47 Å². The molecule has 1 aliphatic heterocycles. The second kappa shape index (κ2) is 6.46. The zero-order valence-electron chi connectivity index (χ0n) is 12.7. The third-order valence-electron chi connectivity index (χ3n) is 3.63. The van der Waals surface area contributed by atoms with Crippen molar-refractivity contribution < 1.29 is 23.9 Å². The van der Waals surface area contributed by atoms with Gasteiger partial charge < -0.3 is 9.47 Å². The summed E-state index contributed by atoms with van der Waals surface area (Å²) in [5, 5.41) is 2.24. The predicted octanol–water partition coefficient (Wildman–Crippen LogP) is 0.780. The number of nitrogens with one attached hydrogen (secondary N) is 1. The molecular weight excluding hydrogens is 288 g/mol. The second-order valence-electron chi connectivity index (χ2n) is 4.95. The van der Waals surface area contributed by atoms with E-state index in [0.717, 1.165) is 5.56 Å². The van der Waals surface area contributed by atoms with Crippen LogP contribution in [-0.4, -0.2) is 38.5 Å². The molecule has 1 fully saturated rings. The normalized spacial score (nSPS) is 17.7. The number of ether oxygens (including phenoxy) is 2. The number of carbonyl (C=O) groups excluding carboxylic acids is 3. The number of nitrogens with zero attached hydrogens (tertiary/aromatic N) is 1. The van der Waals surface area contributed by atoms with Crippen molar-refractivity contribution in [2.45, 2.75) is 25.8 Å². The zero-order valence-corrected chi connectivity index (χ0v) is 12.7. The molecule has 0 spiro atoms. The van der Waals surface area contributed by atoms with Crippen LogP contribution in [0.5, 0.6) is 11.5 Å². The summed E-state index contributed by atoms with van der Waals surface area (Å²) in [6, 6.07) is 2.71. The number of imide groups is 1. The number of piperidine rings is 1. The molecule has 118 valence electrons. The lowest BCUT2D eigenvalue weighted by atomic mass is 10.0. The number of carbonyl (C=O) groups is 3. The maximum Gasteiger partial charge on any atom is 0.249 e. The van der Waals surface area contributed by atoms with Crippen molar-refractivity contribution in [3.05, 3.63) is 17.7 Å². The van der Waals surface area contributed by atoms with E-state index < -0.39 is 11.9 Å². The molecule has 1 heterocycles. The molecule has 1 aromatic carbocycles. The molecule has 1 N–H and O–H groups in total. The van der Waals surface area contributed by atoms with E-state index in [-0.39, 0.29) is 18.7 Å². The van der Waals surface area contributed by atoms with Crippen molar-refractivity contribution in [2.24, 2.45) is 0 Å². The van der Waals surface area contributed by atoms with E-state index in [1.807, 2.05) is 6.92 Å². The third-order valence-corrected chi connectivity index (χ3v) is 3.63. The van der Waals surface area contributed by atoms with Gasteiger partial charge in [0.1, 0.15) is 6.04 Å². The molecule has 3 amide bonds. The van der Waals surface area contributed by atoms with Crippen molar-refractivity contribution in [1.82, 2.24) is 5.32 Å². The summed E-state index contributed by atoms with van der Waals surface area (Å²) in [5.41, 5.74) is 1.27. The molecule has 0 saturated carbocycles. The fourth-order valence-electron chi connectivity index (χ4n) is 2.55. The van der Waals surface area contributed by atoms with Gasteiger partial charge in [0.15, 0.2) is 11.5 Å². The van der Waals surface area contributed by atoms with E-state index in [1.165, 1.54) is 19.1 Å². The van der Waals surface area contributed by atoms with Gasteiger partial charge in [0.25, 0.3) is 0 Å². The maximum absolute atomic E-state index is 12.0. The first kappa shape index (κ1) is 15.8. The molecule has 1 aromatic rings. The van der Waals surface area contributed by atoms with Crippen LogP contribution in [0, 0.1) is 6.92 Å². The number of benzene rings is 1. The summed E-state index contributed by atoms with van der Waals surface area (Å²) in [4.78, 5) is 36.1. The third kappa shape index (κ3) is 2.74. The summed E-state index contributed by atoms with van der Waals surface area (Å²) in [7, 11) is 2.97. The van der Waals surface area contributed by atoms with E-state index in [9.17, 15) is 14.4 Å². The number of rotatable bonds is 5. The lowest BCUT2D eigenvalue weighted by molar-refractivity contribution is -0.134. The van der Waals surface area contributed by atoms with Gasteiger partial charge in [-0.1, -0.05) is 6.07 Å². The van der Waals surface area contributed by atoms with Crippen molar-refractivity contribution in [3.8, 4) is 11.5 Å². The Hall–Kier alpha value is -2.57. The van der Waals surface area contributed by atoms with Crippen LogP contribution in [0.1, 0.15) is 18.4 Å². The van der Waals surface area contributed by atoms with Crippen LogP contribution >= 0.6 is 0 Å². The van der Waals surface area contributed by atoms with E-state index in [1.54, 1.807) is 12.1 Å². The smallest absolute Gasteiger partial charge is 0.249 e. The Morgan fingerprint density at radius 1 is 1.23 bits per heavy atom. The highest BCUT2D eigenvalue weighted by Gasteiger charge is 2.33. The Kier molecular flexibility index (Phi) is 4.65. The van der Waals surface area contributed by atoms with Gasteiger partial charge in [-0.2, -0.15) is 0 Å².